The standard InChI is InChI=1S/C19H33N/c1-6-17(7-2)19(14-20-13-15(3)4)12-18-11-9-8-10-16(18)5/h8-11,15,17,19-20H,6-7,12-14H2,1-5H3. The largest absolute Gasteiger partial charge is 0.316 e. The predicted molar refractivity (Wildman–Crippen MR) is 90.2 cm³/mol. The molecule has 20 heavy (non-hydrogen) atoms. The van der Waals surface area contributed by atoms with Gasteiger partial charge in [-0.2, -0.15) is 0 Å². The molecule has 0 saturated heterocycles. The van der Waals surface area contributed by atoms with Crippen molar-refractivity contribution in [1.29, 1.82) is 0 Å². The molecule has 1 atom stereocenters. The number of aryl methyl sites for hydroxylation is 1. The second kappa shape index (κ2) is 9.18. The predicted octanol–water partition coefficient (Wildman–Crippen LogP) is 4.84. The van der Waals surface area contributed by atoms with Gasteiger partial charge in [0.05, 0.1) is 0 Å². The van der Waals surface area contributed by atoms with E-state index in [-0.39, 0.29) is 0 Å². The van der Waals surface area contributed by atoms with Crippen molar-refractivity contribution in [2.75, 3.05) is 13.1 Å². The topological polar surface area (TPSA) is 12.0 Å². The van der Waals surface area contributed by atoms with Crippen molar-refractivity contribution < 1.29 is 0 Å². The second-order valence-corrected chi connectivity index (χ2v) is 6.52. The Kier molecular flexibility index (Phi) is 7.91. The van der Waals surface area contributed by atoms with Crippen LogP contribution in [-0.4, -0.2) is 13.1 Å². The molecule has 0 aromatic heterocycles. The van der Waals surface area contributed by atoms with Crippen LogP contribution in [0.4, 0.5) is 0 Å². The van der Waals surface area contributed by atoms with E-state index in [1.54, 1.807) is 0 Å². The lowest BCUT2D eigenvalue weighted by Gasteiger charge is -2.27. The van der Waals surface area contributed by atoms with E-state index >= 15 is 0 Å². The molecule has 0 aliphatic heterocycles. The van der Waals surface area contributed by atoms with Crippen molar-refractivity contribution in [2.45, 2.75) is 53.9 Å². The van der Waals surface area contributed by atoms with Crippen LogP contribution >= 0.6 is 0 Å². The van der Waals surface area contributed by atoms with Gasteiger partial charge in [-0.3, -0.25) is 0 Å². The van der Waals surface area contributed by atoms with E-state index < -0.39 is 0 Å². The van der Waals surface area contributed by atoms with E-state index in [4.69, 9.17) is 0 Å². The first-order valence-corrected chi connectivity index (χ1v) is 8.33. The van der Waals surface area contributed by atoms with Gasteiger partial charge in [0, 0.05) is 0 Å². The van der Waals surface area contributed by atoms with Crippen LogP contribution in [0.3, 0.4) is 0 Å². The Morgan fingerprint density at radius 3 is 2.15 bits per heavy atom. The summed E-state index contributed by atoms with van der Waals surface area (Å²) >= 11 is 0. The average molecular weight is 275 g/mol. The molecule has 0 saturated carbocycles. The molecule has 1 unspecified atom stereocenters. The molecular formula is C19H33N. The minimum absolute atomic E-state index is 0.732. The molecule has 1 nitrogen and oxygen atoms in total. The molecule has 0 radical (unpaired) electrons. The molecule has 0 aliphatic carbocycles. The average Bonchev–Trinajstić information content (AvgIpc) is 2.42. The molecule has 0 bridgehead atoms. The van der Waals surface area contributed by atoms with Crippen molar-refractivity contribution in [3.8, 4) is 0 Å². The first kappa shape index (κ1) is 17.2. The Labute approximate surface area is 126 Å². The molecule has 0 aliphatic rings. The highest BCUT2D eigenvalue weighted by Gasteiger charge is 2.19. The summed E-state index contributed by atoms with van der Waals surface area (Å²) in [5.74, 6) is 2.31. The zero-order valence-corrected chi connectivity index (χ0v) is 14.1. The molecule has 114 valence electrons. The van der Waals surface area contributed by atoms with Gasteiger partial charge in [-0.15, -0.1) is 0 Å². The lowest BCUT2D eigenvalue weighted by molar-refractivity contribution is 0.294. The normalized spacial score (nSPS) is 13.2. The lowest BCUT2D eigenvalue weighted by Crippen LogP contribution is -2.31. The summed E-state index contributed by atoms with van der Waals surface area (Å²) in [6.45, 7) is 13.7. The summed E-state index contributed by atoms with van der Waals surface area (Å²) in [5, 5.41) is 3.67. The number of rotatable bonds is 9. The van der Waals surface area contributed by atoms with Gasteiger partial charge in [-0.25, -0.2) is 0 Å². The first-order chi connectivity index (χ1) is 9.58. The zero-order valence-electron chi connectivity index (χ0n) is 14.1. The first-order valence-electron chi connectivity index (χ1n) is 8.33. The van der Waals surface area contributed by atoms with Gasteiger partial charge in [0.25, 0.3) is 0 Å². The van der Waals surface area contributed by atoms with Gasteiger partial charge in [-0.1, -0.05) is 64.8 Å². The van der Waals surface area contributed by atoms with Crippen LogP contribution in [0.15, 0.2) is 24.3 Å². The Balaban J connectivity index is 2.69. The third kappa shape index (κ3) is 5.66. The monoisotopic (exact) mass is 275 g/mol. The minimum atomic E-state index is 0.732. The van der Waals surface area contributed by atoms with Crippen molar-refractivity contribution >= 4 is 0 Å². The molecular weight excluding hydrogens is 242 g/mol. The van der Waals surface area contributed by atoms with Crippen molar-refractivity contribution in [3.63, 3.8) is 0 Å². The summed E-state index contributed by atoms with van der Waals surface area (Å²) in [6.07, 6.45) is 3.79. The number of hydrogen-bond donors (Lipinski definition) is 1. The smallest absolute Gasteiger partial charge is 0.00146 e. The van der Waals surface area contributed by atoms with Gasteiger partial charge in [-0.05, 0) is 55.3 Å². The number of benzene rings is 1. The van der Waals surface area contributed by atoms with Crippen LogP contribution in [-0.2, 0) is 6.42 Å². The van der Waals surface area contributed by atoms with Gasteiger partial charge in [0.1, 0.15) is 0 Å². The van der Waals surface area contributed by atoms with Crippen LogP contribution in [0.1, 0.15) is 51.7 Å². The highest BCUT2D eigenvalue weighted by molar-refractivity contribution is 5.26. The lowest BCUT2D eigenvalue weighted by atomic mass is 9.82. The second-order valence-electron chi connectivity index (χ2n) is 6.52. The van der Waals surface area contributed by atoms with E-state index in [0.717, 1.165) is 30.8 Å². The zero-order chi connectivity index (χ0) is 15.0. The van der Waals surface area contributed by atoms with E-state index in [9.17, 15) is 0 Å². The fraction of sp³-hybridized carbons (Fsp3) is 0.684. The van der Waals surface area contributed by atoms with E-state index in [2.05, 4.69) is 64.2 Å². The molecule has 0 fully saturated rings. The summed E-state index contributed by atoms with van der Waals surface area (Å²) in [5.41, 5.74) is 2.96. The highest BCUT2D eigenvalue weighted by Crippen LogP contribution is 2.24. The van der Waals surface area contributed by atoms with Crippen molar-refractivity contribution in [1.82, 2.24) is 5.32 Å². The van der Waals surface area contributed by atoms with Gasteiger partial charge in [0.2, 0.25) is 0 Å². The van der Waals surface area contributed by atoms with Gasteiger partial charge < -0.3 is 5.32 Å². The molecule has 1 rings (SSSR count). The van der Waals surface area contributed by atoms with E-state index in [0.29, 0.717) is 0 Å². The Bertz CT molecular complexity index is 366. The maximum atomic E-state index is 3.67. The molecule has 1 aromatic carbocycles. The molecule has 1 heteroatoms. The number of hydrogen-bond acceptors (Lipinski definition) is 1. The van der Waals surface area contributed by atoms with E-state index in [1.807, 2.05) is 0 Å². The Morgan fingerprint density at radius 1 is 0.950 bits per heavy atom. The highest BCUT2D eigenvalue weighted by atomic mass is 14.9. The molecule has 0 heterocycles. The fourth-order valence-electron chi connectivity index (χ4n) is 3.04. The Hall–Kier alpha value is -0.820. The van der Waals surface area contributed by atoms with Crippen LogP contribution in [0.25, 0.3) is 0 Å². The minimum Gasteiger partial charge on any atom is -0.316 e. The maximum Gasteiger partial charge on any atom is -0.00146 e. The van der Waals surface area contributed by atoms with Crippen LogP contribution in [0, 0.1) is 24.7 Å². The van der Waals surface area contributed by atoms with Crippen molar-refractivity contribution in [2.24, 2.45) is 17.8 Å². The Morgan fingerprint density at radius 2 is 1.60 bits per heavy atom. The fourth-order valence-corrected chi connectivity index (χ4v) is 3.04. The van der Waals surface area contributed by atoms with Gasteiger partial charge in [0.15, 0.2) is 0 Å². The molecule has 1 N–H and O–H groups in total. The summed E-state index contributed by atoms with van der Waals surface area (Å²) in [4.78, 5) is 0. The molecule has 1 aromatic rings. The van der Waals surface area contributed by atoms with Crippen LogP contribution < -0.4 is 5.32 Å². The third-order valence-electron chi connectivity index (χ3n) is 4.42. The number of nitrogens with one attached hydrogen (secondary N) is 1. The molecule has 0 amide bonds. The van der Waals surface area contributed by atoms with Gasteiger partial charge >= 0.3 is 0 Å². The molecule has 0 spiro atoms. The maximum absolute atomic E-state index is 3.67. The van der Waals surface area contributed by atoms with E-state index in [1.165, 1.54) is 30.4 Å². The van der Waals surface area contributed by atoms with Crippen LogP contribution in [0.5, 0.6) is 0 Å². The quantitative estimate of drug-likeness (QED) is 0.680. The van der Waals surface area contributed by atoms with Crippen molar-refractivity contribution in [3.05, 3.63) is 35.4 Å². The summed E-state index contributed by atoms with van der Waals surface area (Å²) < 4.78 is 0. The SMILES string of the molecule is CCC(CC)C(CNCC(C)C)Cc1ccccc1C. The summed E-state index contributed by atoms with van der Waals surface area (Å²) in [7, 11) is 0. The van der Waals surface area contributed by atoms with Crippen LogP contribution in [0.2, 0.25) is 0 Å². The summed E-state index contributed by atoms with van der Waals surface area (Å²) in [6, 6.07) is 8.85. The third-order valence-corrected chi connectivity index (χ3v) is 4.42.